The fraction of sp³-hybridized carbons (Fsp3) is 0.444. The number of carbonyl (C=O) groups is 1. The number of fused-ring (bicyclic) bond motifs is 1. The van der Waals surface area contributed by atoms with Crippen LogP contribution in [0.1, 0.15) is 49.9 Å². The van der Waals surface area contributed by atoms with Crippen LogP contribution in [0.25, 0.3) is 0 Å². The molecule has 1 aromatic carbocycles. The second kappa shape index (κ2) is 5.61. The Balaban J connectivity index is 1.88. The molecule has 0 spiro atoms. The van der Waals surface area contributed by atoms with Crippen LogP contribution in [0.2, 0.25) is 0 Å². The molecule has 0 bridgehead atoms. The van der Waals surface area contributed by atoms with Crippen molar-refractivity contribution in [1.82, 2.24) is 9.78 Å². The van der Waals surface area contributed by atoms with Gasteiger partial charge in [0.2, 0.25) is 0 Å². The third-order valence-corrected chi connectivity index (χ3v) is 4.59. The molecule has 0 fully saturated rings. The van der Waals surface area contributed by atoms with Gasteiger partial charge in [-0.1, -0.05) is 20.8 Å². The number of ether oxygens (including phenoxy) is 1. The lowest BCUT2D eigenvalue weighted by Gasteiger charge is -2.20. The average Bonchev–Trinajstić information content (AvgIpc) is 2.89. The number of anilines is 1. The number of hydrogen-bond donors (Lipinski definition) is 1. The van der Waals surface area contributed by atoms with Crippen molar-refractivity contribution in [3.8, 4) is 5.75 Å². The van der Waals surface area contributed by atoms with Crippen LogP contribution in [-0.4, -0.2) is 15.9 Å². The summed E-state index contributed by atoms with van der Waals surface area (Å²) >= 11 is 0. The highest BCUT2D eigenvalue weighted by atomic mass is 19.1. The first kappa shape index (κ1) is 16.5. The maximum atomic E-state index is 14.3. The monoisotopic (exact) mass is 331 g/mol. The zero-order valence-electron chi connectivity index (χ0n) is 14.6. The van der Waals surface area contributed by atoms with Gasteiger partial charge in [0.25, 0.3) is 0 Å². The summed E-state index contributed by atoms with van der Waals surface area (Å²) in [7, 11) is 1.76. The van der Waals surface area contributed by atoms with Crippen LogP contribution in [0.4, 0.5) is 14.9 Å². The standard InChI is InChI=1S/C18H22FN3O2/c1-10-8-18(3,4)16-12(19)6-7-13(15(10)16)20-17(23)24-14-9-22(5)21-11(14)2/h6-7,9-10H,8H2,1-5H3,(H,20,23). The van der Waals surface area contributed by atoms with Crippen LogP contribution >= 0.6 is 0 Å². The molecule has 1 aliphatic carbocycles. The number of rotatable bonds is 2. The number of aromatic nitrogens is 2. The second-order valence-corrected chi connectivity index (χ2v) is 7.14. The summed E-state index contributed by atoms with van der Waals surface area (Å²) in [5, 5.41) is 6.89. The Kier molecular flexibility index (Phi) is 3.86. The van der Waals surface area contributed by atoms with Crippen LogP contribution in [0.5, 0.6) is 5.75 Å². The largest absolute Gasteiger partial charge is 0.417 e. The quantitative estimate of drug-likeness (QED) is 0.894. The van der Waals surface area contributed by atoms with E-state index in [0.717, 1.165) is 12.0 Å². The topological polar surface area (TPSA) is 56.2 Å². The fourth-order valence-electron chi connectivity index (χ4n) is 3.78. The van der Waals surface area contributed by atoms with Crippen molar-refractivity contribution in [3.05, 3.63) is 41.0 Å². The molecule has 1 heterocycles. The summed E-state index contributed by atoms with van der Waals surface area (Å²) in [6, 6.07) is 3.01. The van der Waals surface area contributed by atoms with E-state index < -0.39 is 6.09 Å². The van der Waals surface area contributed by atoms with Crippen molar-refractivity contribution < 1.29 is 13.9 Å². The van der Waals surface area contributed by atoms with Gasteiger partial charge in [-0.15, -0.1) is 0 Å². The van der Waals surface area contributed by atoms with E-state index in [1.54, 1.807) is 30.9 Å². The Morgan fingerprint density at radius 1 is 1.46 bits per heavy atom. The van der Waals surface area contributed by atoms with E-state index in [2.05, 4.69) is 17.3 Å². The van der Waals surface area contributed by atoms with Gasteiger partial charge in [-0.2, -0.15) is 5.10 Å². The van der Waals surface area contributed by atoms with Gasteiger partial charge >= 0.3 is 6.09 Å². The first-order valence-electron chi connectivity index (χ1n) is 8.01. The van der Waals surface area contributed by atoms with Crippen molar-refractivity contribution in [2.24, 2.45) is 7.05 Å². The lowest BCUT2D eigenvalue weighted by Crippen LogP contribution is -2.19. The molecule has 1 amide bonds. The van der Waals surface area contributed by atoms with E-state index in [-0.39, 0.29) is 17.2 Å². The summed E-state index contributed by atoms with van der Waals surface area (Å²) in [4.78, 5) is 12.2. The molecule has 0 saturated heterocycles. The van der Waals surface area contributed by atoms with Crippen molar-refractivity contribution in [3.63, 3.8) is 0 Å². The highest BCUT2D eigenvalue weighted by Gasteiger charge is 2.39. The Labute approximate surface area is 140 Å². The van der Waals surface area contributed by atoms with Crippen LogP contribution in [0.15, 0.2) is 18.3 Å². The zero-order chi connectivity index (χ0) is 17.6. The van der Waals surface area contributed by atoms with Gasteiger partial charge in [0, 0.05) is 12.7 Å². The fourth-order valence-corrected chi connectivity index (χ4v) is 3.78. The lowest BCUT2D eigenvalue weighted by atomic mass is 9.86. The van der Waals surface area contributed by atoms with E-state index in [1.165, 1.54) is 6.07 Å². The van der Waals surface area contributed by atoms with Gasteiger partial charge in [0.15, 0.2) is 5.75 Å². The molecule has 1 N–H and O–H groups in total. The number of halogens is 1. The Hall–Kier alpha value is -2.37. The van der Waals surface area contributed by atoms with Crippen LogP contribution < -0.4 is 10.1 Å². The molecule has 0 saturated carbocycles. The SMILES string of the molecule is Cc1nn(C)cc1OC(=O)Nc1ccc(F)c2c1C(C)CC2(C)C. The van der Waals surface area contributed by atoms with Crippen molar-refractivity contribution >= 4 is 11.8 Å². The first-order chi connectivity index (χ1) is 11.2. The third kappa shape index (κ3) is 2.77. The summed E-state index contributed by atoms with van der Waals surface area (Å²) in [6.07, 6.45) is 1.88. The molecule has 3 rings (SSSR count). The average molecular weight is 331 g/mol. The maximum Gasteiger partial charge on any atom is 0.417 e. The Morgan fingerprint density at radius 3 is 2.79 bits per heavy atom. The van der Waals surface area contributed by atoms with Crippen molar-refractivity contribution in [2.45, 2.75) is 45.4 Å². The van der Waals surface area contributed by atoms with Crippen molar-refractivity contribution in [1.29, 1.82) is 0 Å². The molecule has 0 aliphatic heterocycles. The first-order valence-corrected chi connectivity index (χ1v) is 8.01. The maximum absolute atomic E-state index is 14.3. The highest BCUT2D eigenvalue weighted by Crippen LogP contribution is 2.49. The smallest absolute Gasteiger partial charge is 0.406 e. The highest BCUT2D eigenvalue weighted by molar-refractivity contribution is 5.88. The summed E-state index contributed by atoms with van der Waals surface area (Å²) in [5.41, 5.74) is 2.54. The van der Waals surface area contributed by atoms with Crippen molar-refractivity contribution in [2.75, 3.05) is 5.32 Å². The second-order valence-electron chi connectivity index (χ2n) is 7.14. The minimum absolute atomic E-state index is 0.168. The van der Waals surface area contributed by atoms with Gasteiger partial charge in [-0.3, -0.25) is 10.00 Å². The van der Waals surface area contributed by atoms with Crippen LogP contribution in [0, 0.1) is 12.7 Å². The van der Waals surface area contributed by atoms with Crippen LogP contribution in [0.3, 0.4) is 0 Å². The normalized spacial score (nSPS) is 18.3. The third-order valence-electron chi connectivity index (χ3n) is 4.59. The van der Waals surface area contributed by atoms with Gasteiger partial charge < -0.3 is 4.74 Å². The lowest BCUT2D eigenvalue weighted by molar-refractivity contribution is 0.215. The number of nitrogens with zero attached hydrogens (tertiary/aromatic N) is 2. The summed E-state index contributed by atoms with van der Waals surface area (Å²) in [5.74, 6) is 0.352. The number of carbonyl (C=O) groups excluding carboxylic acids is 1. The summed E-state index contributed by atoms with van der Waals surface area (Å²) < 4.78 is 21.2. The minimum Gasteiger partial charge on any atom is -0.406 e. The van der Waals surface area contributed by atoms with E-state index in [4.69, 9.17) is 4.74 Å². The van der Waals surface area contributed by atoms with Crippen LogP contribution in [-0.2, 0) is 12.5 Å². The predicted molar refractivity (Wildman–Crippen MR) is 90.0 cm³/mol. The zero-order valence-corrected chi connectivity index (χ0v) is 14.6. The predicted octanol–water partition coefficient (Wildman–Crippen LogP) is 4.26. The molecule has 2 aromatic rings. The molecule has 0 radical (unpaired) electrons. The molecule has 128 valence electrons. The minimum atomic E-state index is -0.600. The van der Waals surface area contributed by atoms with E-state index in [9.17, 15) is 9.18 Å². The van der Waals surface area contributed by atoms with Gasteiger partial charge in [-0.25, -0.2) is 9.18 Å². The van der Waals surface area contributed by atoms with Gasteiger partial charge in [-0.05, 0) is 47.9 Å². The molecular formula is C18H22FN3O2. The van der Waals surface area contributed by atoms with E-state index >= 15 is 0 Å². The molecule has 1 atom stereocenters. The molecule has 24 heavy (non-hydrogen) atoms. The molecule has 1 unspecified atom stereocenters. The Bertz CT molecular complexity index is 811. The molecule has 1 aliphatic rings. The van der Waals surface area contributed by atoms with Gasteiger partial charge in [0.1, 0.15) is 11.5 Å². The number of amides is 1. The summed E-state index contributed by atoms with van der Waals surface area (Å²) in [6.45, 7) is 7.87. The number of aryl methyl sites for hydroxylation is 2. The molecule has 1 aromatic heterocycles. The molecule has 5 nitrogen and oxygen atoms in total. The van der Waals surface area contributed by atoms with E-state index in [1.807, 2.05) is 13.8 Å². The Morgan fingerprint density at radius 2 is 2.17 bits per heavy atom. The van der Waals surface area contributed by atoms with E-state index in [0.29, 0.717) is 22.7 Å². The number of nitrogens with one attached hydrogen (secondary N) is 1. The number of hydrogen-bond acceptors (Lipinski definition) is 3. The molecular weight excluding hydrogens is 309 g/mol. The molecule has 6 heteroatoms. The number of benzene rings is 1. The van der Waals surface area contributed by atoms with Gasteiger partial charge in [0.05, 0.1) is 6.20 Å².